The van der Waals surface area contributed by atoms with E-state index in [4.69, 9.17) is 4.74 Å². The fourth-order valence-electron chi connectivity index (χ4n) is 3.58. The number of H-pyrrole nitrogens is 1. The molecule has 2 aromatic rings. The Labute approximate surface area is 143 Å². The van der Waals surface area contributed by atoms with Crippen LogP contribution in [0, 0.1) is 5.92 Å². The average molecular weight is 329 g/mol. The Hall–Kier alpha value is -1.85. The van der Waals surface area contributed by atoms with Gasteiger partial charge < -0.3 is 19.5 Å². The van der Waals surface area contributed by atoms with Gasteiger partial charge >= 0.3 is 0 Å². The van der Waals surface area contributed by atoms with Crippen LogP contribution in [0.3, 0.4) is 0 Å². The number of hydrogen-bond donors (Lipinski definition) is 1. The Balaban J connectivity index is 1.75. The lowest BCUT2D eigenvalue weighted by Crippen LogP contribution is -2.29. The SMILES string of the molecule is CCOc1ccc2[nH]c(=O)c(CN(C)C[C@@H]3CCN(C)C3)cc2c1. The minimum Gasteiger partial charge on any atom is -0.494 e. The van der Waals surface area contributed by atoms with Crippen molar-refractivity contribution in [2.24, 2.45) is 5.92 Å². The van der Waals surface area contributed by atoms with Gasteiger partial charge in [0.1, 0.15) is 5.75 Å². The topological polar surface area (TPSA) is 48.6 Å². The third kappa shape index (κ3) is 3.97. The van der Waals surface area contributed by atoms with Crippen LogP contribution in [-0.4, -0.2) is 55.1 Å². The minimum atomic E-state index is 0.00190. The predicted octanol–water partition coefficient (Wildman–Crippen LogP) is 2.31. The molecule has 0 unspecified atom stereocenters. The maximum atomic E-state index is 12.3. The molecule has 0 spiro atoms. The monoisotopic (exact) mass is 329 g/mol. The van der Waals surface area contributed by atoms with Crippen LogP contribution < -0.4 is 10.3 Å². The van der Waals surface area contributed by atoms with Crippen molar-refractivity contribution in [2.45, 2.75) is 19.9 Å². The van der Waals surface area contributed by atoms with Crippen LogP contribution in [0.4, 0.5) is 0 Å². The molecular formula is C19H27N3O2. The van der Waals surface area contributed by atoms with Crippen molar-refractivity contribution < 1.29 is 4.74 Å². The van der Waals surface area contributed by atoms with Crippen LogP contribution in [0.1, 0.15) is 18.9 Å². The molecule has 5 nitrogen and oxygen atoms in total. The number of pyridine rings is 1. The molecule has 1 aromatic carbocycles. The molecule has 0 saturated carbocycles. The van der Waals surface area contributed by atoms with Crippen molar-refractivity contribution in [3.05, 3.63) is 40.2 Å². The molecule has 1 fully saturated rings. The van der Waals surface area contributed by atoms with E-state index in [1.165, 1.54) is 13.0 Å². The summed E-state index contributed by atoms with van der Waals surface area (Å²) in [6, 6.07) is 7.78. The van der Waals surface area contributed by atoms with E-state index in [1.54, 1.807) is 0 Å². The first kappa shape index (κ1) is 17.0. The van der Waals surface area contributed by atoms with Crippen LogP contribution in [0.25, 0.3) is 10.9 Å². The number of ether oxygens (including phenoxy) is 1. The average Bonchev–Trinajstić information content (AvgIpc) is 2.93. The Morgan fingerprint density at radius 2 is 2.21 bits per heavy atom. The van der Waals surface area contributed by atoms with Crippen molar-refractivity contribution in [1.29, 1.82) is 0 Å². The second-order valence-electron chi connectivity index (χ2n) is 6.92. The fraction of sp³-hybridized carbons (Fsp3) is 0.526. The van der Waals surface area contributed by atoms with E-state index in [9.17, 15) is 4.79 Å². The Bertz CT molecular complexity index is 756. The minimum absolute atomic E-state index is 0.00190. The Kier molecular flexibility index (Phi) is 5.21. The molecule has 3 rings (SSSR count). The highest BCUT2D eigenvalue weighted by molar-refractivity contribution is 5.80. The van der Waals surface area contributed by atoms with E-state index in [0.717, 1.165) is 35.3 Å². The first-order valence-corrected chi connectivity index (χ1v) is 8.71. The molecule has 0 aliphatic carbocycles. The number of hydrogen-bond acceptors (Lipinski definition) is 4. The first-order chi connectivity index (χ1) is 11.5. The summed E-state index contributed by atoms with van der Waals surface area (Å²) in [5.74, 6) is 1.54. The summed E-state index contributed by atoms with van der Waals surface area (Å²) >= 11 is 0. The molecule has 2 heterocycles. The van der Waals surface area contributed by atoms with Gasteiger partial charge in [-0.05, 0) is 64.2 Å². The van der Waals surface area contributed by atoms with E-state index in [1.807, 2.05) is 31.2 Å². The van der Waals surface area contributed by atoms with Gasteiger partial charge in [0.2, 0.25) is 0 Å². The molecule has 1 aliphatic heterocycles. The van der Waals surface area contributed by atoms with Gasteiger partial charge in [-0.1, -0.05) is 0 Å². The summed E-state index contributed by atoms with van der Waals surface area (Å²) < 4.78 is 5.56. The Morgan fingerprint density at radius 3 is 2.92 bits per heavy atom. The summed E-state index contributed by atoms with van der Waals surface area (Å²) in [7, 11) is 4.27. The molecule has 1 aromatic heterocycles. The quantitative estimate of drug-likeness (QED) is 0.883. The second-order valence-corrected chi connectivity index (χ2v) is 6.92. The fourth-order valence-corrected chi connectivity index (χ4v) is 3.58. The maximum Gasteiger partial charge on any atom is 0.252 e. The summed E-state index contributed by atoms with van der Waals surface area (Å²) in [5.41, 5.74) is 1.67. The van der Waals surface area contributed by atoms with Gasteiger partial charge in [-0.25, -0.2) is 0 Å². The molecule has 130 valence electrons. The molecule has 0 bridgehead atoms. The molecule has 24 heavy (non-hydrogen) atoms. The highest BCUT2D eigenvalue weighted by atomic mass is 16.5. The van der Waals surface area contributed by atoms with Crippen LogP contribution >= 0.6 is 0 Å². The highest BCUT2D eigenvalue weighted by Crippen LogP contribution is 2.20. The lowest BCUT2D eigenvalue weighted by atomic mass is 10.1. The zero-order chi connectivity index (χ0) is 17.1. The van der Waals surface area contributed by atoms with Crippen molar-refractivity contribution >= 4 is 10.9 Å². The first-order valence-electron chi connectivity index (χ1n) is 8.71. The van der Waals surface area contributed by atoms with E-state index in [-0.39, 0.29) is 5.56 Å². The van der Waals surface area contributed by atoms with E-state index in [0.29, 0.717) is 19.1 Å². The number of fused-ring (bicyclic) bond motifs is 1. The molecule has 1 N–H and O–H groups in total. The van der Waals surface area contributed by atoms with Gasteiger partial charge in [0, 0.05) is 36.1 Å². The standard InChI is InChI=1S/C19H27N3O2/c1-4-24-17-5-6-18-15(10-17)9-16(19(23)20-18)13-22(3)12-14-7-8-21(2)11-14/h5-6,9-10,14H,4,7-8,11-13H2,1-3H3,(H,20,23)/t14-/m1/s1. The maximum absolute atomic E-state index is 12.3. The predicted molar refractivity (Wildman–Crippen MR) is 97.7 cm³/mol. The number of benzene rings is 1. The summed E-state index contributed by atoms with van der Waals surface area (Å²) in [6.45, 7) is 6.63. The number of aromatic nitrogens is 1. The lowest BCUT2D eigenvalue weighted by molar-refractivity contribution is 0.266. The summed E-state index contributed by atoms with van der Waals surface area (Å²) in [4.78, 5) is 20.0. The normalized spacial score (nSPS) is 18.6. The largest absolute Gasteiger partial charge is 0.494 e. The molecule has 5 heteroatoms. The van der Waals surface area contributed by atoms with Gasteiger partial charge in [0.05, 0.1) is 6.61 Å². The van der Waals surface area contributed by atoms with E-state index >= 15 is 0 Å². The zero-order valence-electron chi connectivity index (χ0n) is 14.8. The summed E-state index contributed by atoms with van der Waals surface area (Å²) in [5, 5.41) is 1.02. The number of nitrogens with one attached hydrogen (secondary N) is 1. The van der Waals surface area contributed by atoms with Crippen molar-refractivity contribution in [3.63, 3.8) is 0 Å². The zero-order valence-corrected chi connectivity index (χ0v) is 14.8. The molecule has 0 radical (unpaired) electrons. The van der Waals surface area contributed by atoms with Crippen molar-refractivity contribution in [1.82, 2.24) is 14.8 Å². The van der Waals surface area contributed by atoms with Crippen LogP contribution in [0.15, 0.2) is 29.1 Å². The van der Waals surface area contributed by atoms with Crippen LogP contribution in [0.2, 0.25) is 0 Å². The summed E-state index contributed by atoms with van der Waals surface area (Å²) in [6.07, 6.45) is 1.24. The number of likely N-dealkylation sites (tertiary alicyclic amines) is 1. The van der Waals surface area contributed by atoms with Gasteiger partial charge in [-0.15, -0.1) is 0 Å². The highest BCUT2D eigenvalue weighted by Gasteiger charge is 2.21. The van der Waals surface area contributed by atoms with Gasteiger partial charge in [-0.2, -0.15) is 0 Å². The lowest BCUT2D eigenvalue weighted by Gasteiger charge is -2.20. The molecular weight excluding hydrogens is 302 g/mol. The van der Waals surface area contributed by atoms with Crippen molar-refractivity contribution in [3.8, 4) is 5.75 Å². The third-order valence-corrected chi connectivity index (χ3v) is 4.70. The smallest absolute Gasteiger partial charge is 0.252 e. The second kappa shape index (κ2) is 7.36. The van der Waals surface area contributed by atoms with Gasteiger partial charge in [0.25, 0.3) is 5.56 Å². The van der Waals surface area contributed by atoms with Gasteiger partial charge in [-0.3, -0.25) is 4.79 Å². The van der Waals surface area contributed by atoms with Crippen molar-refractivity contribution in [2.75, 3.05) is 40.3 Å². The molecule has 1 atom stereocenters. The van der Waals surface area contributed by atoms with Crippen LogP contribution in [-0.2, 0) is 6.54 Å². The number of nitrogens with zero attached hydrogens (tertiary/aromatic N) is 2. The van der Waals surface area contributed by atoms with E-state index in [2.05, 4.69) is 28.9 Å². The molecule has 1 saturated heterocycles. The number of rotatable bonds is 6. The molecule has 0 amide bonds. The van der Waals surface area contributed by atoms with Gasteiger partial charge in [0.15, 0.2) is 0 Å². The third-order valence-electron chi connectivity index (χ3n) is 4.70. The number of aromatic amines is 1. The molecule has 1 aliphatic rings. The van der Waals surface area contributed by atoms with E-state index < -0.39 is 0 Å². The Morgan fingerprint density at radius 1 is 1.38 bits per heavy atom. The van der Waals surface area contributed by atoms with Crippen LogP contribution in [0.5, 0.6) is 5.75 Å².